The maximum Gasteiger partial charge on any atom is 0.304 e. The molecule has 0 aliphatic carbocycles. The summed E-state index contributed by atoms with van der Waals surface area (Å²) in [6.07, 6.45) is 0. The Morgan fingerprint density at radius 3 is 2.67 bits per heavy atom. The molecule has 1 rings (SSSR count). The zero-order chi connectivity index (χ0) is 13.8. The quantitative estimate of drug-likeness (QED) is 0.433. The Balaban J connectivity index is 2.99. The number of hydrogen-bond acceptors (Lipinski definition) is 7. The van der Waals surface area contributed by atoms with E-state index in [4.69, 9.17) is 4.74 Å². The predicted molar refractivity (Wildman–Crippen MR) is 67.6 cm³/mol. The second-order valence-electron chi connectivity index (χ2n) is 3.18. The minimum Gasteiger partial charge on any atom is -0.383 e. The highest BCUT2D eigenvalue weighted by Gasteiger charge is 2.25. The van der Waals surface area contributed by atoms with Gasteiger partial charge in [0.05, 0.1) is 11.5 Å². The van der Waals surface area contributed by atoms with E-state index in [9.17, 15) is 18.5 Å². The summed E-state index contributed by atoms with van der Waals surface area (Å²) in [5, 5.41) is 13.5. The molecule has 0 saturated heterocycles. The zero-order valence-electron chi connectivity index (χ0n) is 9.80. The minimum atomic E-state index is -3.73. The van der Waals surface area contributed by atoms with E-state index in [-0.39, 0.29) is 28.0 Å². The summed E-state index contributed by atoms with van der Waals surface area (Å²) in [7, 11) is -0.792. The summed E-state index contributed by atoms with van der Waals surface area (Å²) in [5.74, 6) is 0. The molecule has 0 aromatic carbocycles. The Morgan fingerprint density at radius 2 is 2.22 bits per heavy atom. The van der Waals surface area contributed by atoms with Crippen molar-refractivity contribution in [3.05, 3.63) is 16.2 Å². The van der Waals surface area contributed by atoms with Crippen molar-refractivity contribution in [1.29, 1.82) is 0 Å². The molecule has 1 aromatic rings. The van der Waals surface area contributed by atoms with Crippen LogP contribution in [0.3, 0.4) is 0 Å². The lowest BCUT2D eigenvalue weighted by molar-refractivity contribution is -0.383. The Hall–Kier alpha value is -1.23. The summed E-state index contributed by atoms with van der Waals surface area (Å²) >= 11 is 0.809. The highest BCUT2D eigenvalue weighted by atomic mass is 32.2. The average Bonchev–Trinajstić information content (AvgIpc) is 2.74. The van der Waals surface area contributed by atoms with Crippen LogP contribution in [0.1, 0.15) is 0 Å². The van der Waals surface area contributed by atoms with E-state index in [1.165, 1.54) is 14.2 Å². The van der Waals surface area contributed by atoms with Gasteiger partial charge in [-0.05, 0) is 0 Å². The molecule has 18 heavy (non-hydrogen) atoms. The van der Waals surface area contributed by atoms with Crippen molar-refractivity contribution in [2.24, 2.45) is 0 Å². The SMILES string of the molecule is CNc1sc(S(=O)(=O)NCCOC)cc1[N+](=O)[O-]. The first-order valence-corrected chi connectivity index (χ1v) is 7.17. The first-order chi connectivity index (χ1) is 8.42. The normalized spacial score (nSPS) is 11.4. The fourth-order valence-corrected chi connectivity index (χ4v) is 3.49. The molecule has 1 aromatic heterocycles. The number of methoxy groups -OCH3 is 1. The van der Waals surface area contributed by atoms with Crippen LogP contribution >= 0.6 is 11.3 Å². The van der Waals surface area contributed by atoms with E-state index in [1.807, 2.05) is 0 Å². The van der Waals surface area contributed by atoms with Gasteiger partial charge >= 0.3 is 5.69 Å². The predicted octanol–water partition coefficient (Wildman–Crippen LogP) is 0.623. The lowest BCUT2D eigenvalue weighted by atomic mass is 10.5. The minimum absolute atomic E-state index is 0.102. The average molecular weight is 295 g/mol. The highest BCUT2D eigenvalue weighted by molar-refractivity contribution is 7.91. The molecule has 0 fully saturated rings. The van der Waals surface area contributed by atoms with Gasteiger partial charge in [-0.1, -0.05) is 11.3 Å². The number of rotatable bonds is 7. The summed E-state index contributed by atoms with van der Waals surface area (Å²) in [6, 6.07) is 1.03. The third-order valence-electron chi connectivity index (χ3n) is 1.98. The van der Waals surface area contributed by atoms with E-state index in [0.717, 1.165) is 17.4 Å². The smallest absolute Gasteiger partial charge is 0.304 e. The number of nitrogens with one attached hydrogen (secondary N) is 2. The van der Waals surface area contributed by atoms with Crippen LogP contribution in [0.2, 0.25) is 0 Å². The second-order valence-corrected chi connectivity index (χ2v) is 6.22. The molecule has 0 unspecified atom stereocenters. The van der Waals surface area contributed by atoms with Crippen molar-refractivity contribution in [2.45, 2.75) is 4.21 Å². The third kappa shape index (κ3) is 3.38. The maximum absolute atomic E-state index is 11.8. The van der Waals surface area contributed by atoms with Crippen molar-refractivity contribution < 1.29 is 18.1 Å². The van der Waals surface area contributed by atoms with Crippen LogP contribution in [0.15, 0.2) is 10.3 Å². The number of ether oxygens (including phenoxy) is 1. The van der Waals surface area contributed by atoms with Gasteiger partial charge in [0.1, 0.15) is 4.21 Å². The number of nitrogens with zero attached hydrogens (tertiary/aromatic N) is 1. The van der Waals surface area contributed by atoms with E-state index in [1.54, 1.807) is 0 Å². The van der Waals surface area contributed by atoms with Crippen LogP contribution in [0, 0.1) is 10.1 Å². The van der Waals surface area contributed by atoms with Gasteiger partial charge in [0.15, 0.2) is 5.00 Å². The third-order valence-corrected chi connectivity index (χ3v) is 5.05. The van der Waals surface area contributed by atoms with E-state index >= 15 is 0 Å². The lowest BCUT2D eigenvalue weighted by Gasteiger charge is -2.02. The Kier molecular flexibility index (Phi) is 5.02. The Bertz CT molecular complexity index is 525. The molecule has 0 spiro atoms. The standard InChI is InChI=1S/C8H13N3O5S2/c1-9-8-6(11(12)13)5-7(17-8)18(14,15)10-3-4-16-2/h5,9-10H,3-4H2,1-2H3. The molecule has 102 valence electrons. The topological polar surface area (TPSA) is 111 Å². The van der Waals surface area contributed by atoms with Gasteiger partial charge in [0.25, 0.3) is 0 Å². The van der Waals surface area contributed by atoms with Crippen LogP contribution in [-0.2, 0) is 14.8 Å². The van der Waals surface area contributed by atoms with Gasteiger partial charge in [-0.3, -0.25) is 10.1 Å². The van der Waals surface area contributed by atoms with Crippen LogP contribution in [0.25, 0.3) is 0 Å². The van der Waals surface area contributed by atoms with E-state index in [2.05, 4.69) is 10.0 Å². The molecule has 0 amide bonds. The number of anilines is 1. The molecule has 0 atom stereocenters. The number of nitro groups is 1. The van der Waals surface area contributed by atoms with Crippen molar-refractivity contribution in [2.75, 3.05) is 32.6 Å². The van der Waals surface area contributed by atoms with Gasteiger partial charge in [0, 0.05) is 26.8 Å². The molecule has 0 aliphatic rings. The number of thiophene rings is 1. The lowest BCUT2D eigenvalue weighted by Crippen LogP contribution is -2.26. The molecule has 0 saturated carbocycles. The molecule has 2 N–H and O–H groups in total. The molecule has 10 heteroatoms. The summed E-state index contributed by atoms with van der Waals surface area (Å²) < 4.78 is 30.5. The highest BCUT2D eigenvalue weighted by Crippen LogP contribution is 2.36. The summed E-state index contributed by atoms with van der Waals surface area (Å²) in [6.45, 7) is 0.338. The van der Waals surface area contributed by atoms with Crippen molar-refractivity contribution in [3.8, 4) is 0 Å². The molecular weight excluding hydrogens is 282 g/mol. The maximum atomic E-state index is 11.8. The Morgan fingerprint density at radius 1 is 1.56 bits per heavy atom. The van der Waals surface area contributed by atoms with Crippen molar-refractivity contribution in [1.82, 2.24) is 4.72 Å². The van der Waals surface area contributed by atoms with Crippen LogP contribution in [-0.4, -0.2) is 40.7 Å². The number of sulfonamides is 1. The molecule has 8 nitrogen and oxygen atoms in total. The van der Waals surface area contributed by atoms with E-state index in [0.29, 0.717) is 0 Å². The van der Waals surface area contributed by atoms with Gasteiger partial charge < -0.3 is 10.1 Å². The van der Waals surface area contributed by atoms with Crippen LogP contribution in [0.5, 0.6) is 0 Å². The Labute approximate surface area is 108 Å². The molecule has 0 aliphatic heterocycles. The van der Waals surface area contributed by atoms with Crippen LogP contribution in [0.4, 0.5) is 10.7 Å². The number of hydrogen-bond donors (Lipinski definition) is 2. The van der Waals surface area contributed by atoms with E-state index < -0.39 is 14.9 Å². The summed E-state index contributed by atoms with van der Waals surface area (Å²) in [5.41, 5.74) is -0.255. The fourth-order valence-electron chi connectivity index (χ4n) is 1.16. The van der Waals surface area contributed by atoms with Gasteiger partial charge in [0.2, 0.25) is 10.0 Å². The summed E-state index contributed by atoms with van der Waals surface area (Å²) in [4.78, 5) is 10.1. The van der Waals surface area contributed by atoms with Gasteiger partial charge in [-0.15, -0.1) is 0 Å². The zero-order valence-corrected chi connectivity index (χ0v) is 11.4. The molecular formula is C8H13N3O5S2. The second kappa shape index (κ2) is 6.09. The van der Waals surface area contributed by atoms with Crippen molar-refractivity contribution in [3.63, 3.8) is 0 Å². The molecule has 0 bridgehead atoms. The van der Waals surface area contributed by atoms with Gasteiger partial charge in [-0.2, -0.15) is 0 Å². The van der Waals surface area contributed by atoms with Gasteiger partial charge in [-0.25, -0.2) is 13.1 Å². The molecule has 1 heterocycles. The molecule has 0 radical (unpaired) electrons. The first-order valence-electron chi connectivity index (χ1n) is 4.87. The fraction of sp³-hybridized carbons (Fsp3) is 0.500. The van der Waals surface area contributed by atoms with Crippen molar-refractivity contribution >= 4 is 32.0 Å². The first kappa shape index (κ1) is 14.8. The van der Waals surface area contributed by atoms with Crippen LogP contribution < -0.4 is 10.0 Å². The largest absolute Gasteiger partial charge is 0.383 e. The monoisotopic (exact) mass is 295 g/mol.